The standard InChI is InChI=1S/C19H24ClN3O/c20-15-7-8-16-17(9-12-22-18(16)13-15)21-10-3-1-2-4-11-23-19(24)14-5-6-14/h7-9,12-14H,1-6,10-11H2,(H,21,22)(H,23,24). The Bertz CT molecular complexity index is 700. The average molecular weight is 346 g/mol. The highest BCUT2D eigenvalue weighted by Gasteiger charge is 2.28. The predicted molar refractivity (Wildman–Crippen MR) is 99.4 cm³/mol. The highest BCUT2D eigenvalue weighted by molar-refractivity contribution is 6.31. The van der Waals surface area contributed by atoms with Gasteiger partial charge >= 0.3 is 0 Å². The van der Waals surface area contributed by atoms with Gasteiger partial charge in [0.2, 0.25) is 5.91 Å². The number of carbonyl (C=O) groups is 1. The van der Waals surface area contributed by atoms with Crippen LogP contribution in [0, 0.1) is 5.92 Å². The van der Waals surface area contributed by atoms with Gasteiger partial charge in [0.05, 0.1) is 5.52 Å². The smallest absolute Gasteiger partial charge is 0.223 e. The number of nitrogens with one attached hydrogen (secondary N) is 2. The van der Waals surface area contributed by atoms with Gasteiger partial charge in [0.1, 0.15) is 0 Å². The number of fused-ring (bicyclic) bond motifs is 1. The number of amides is 1. The second-order valence-electron chi connectivity index (χ2n) is 6.43. The Morgan fingerprint density at radius 2 is 1.92 bits per heavy atom. The summed E-state index contributed by atoms with van der Waals surface area (Å²) in [5.41, 5.74) is 2.02. The summed E-state index contributed by atoms with van der Waals surface area (Å²) in [4.78, 5) is 15.8. The molecule has 1 amide bonds. The van der Waals surface area contributed by atoms with Crippen molar-refractivity contribution in [3.63, 3.8) is 0 Å². The molecule has 1 aliphatic rings. The van der Waals surface area contributed by atoms with Gasteiger partial charge in [0.25, 0.3) is 0 Å². The van der Waals surface area contributed by atoms with Crippen molar-refractivity contribution in [1.82, 2.24) is 10.3 Å². The molecule has 3 rings (SSSR count). The summed E-state index contributed by atoms with van der Waals surface area (Å²) in [6, 6.07) is 7.80. The second-order valence-corrected chi connectivity index (χ2v) is 6.86. The zero-order valence-electron chi connectivity index (χ0n) is 13.9. The van der Waals surface area contributed by atoms with Gasteiger partial charge in [-0.1, -0.05) is 24.4 Å². The molecule has 1 saturated carbocycles. The van der Waals surface area contributed by atoms with Crippen molar-refractivity contribution >= 4 is 34.1 Å². The van der Waals surface area contributed by atoms with E-state index in [2.05, 4.69) is 15.6 Å². The van der Waals surface area contributed by atoms with Gasteiger partial charge in [-0.25, -0.2) is 0 Å². The Morgan fingerprint density at radius 3 is 2.71 bits per heavy atom. The molecule has 0 radical (unpaired) electrons. The van der Waals surface area contributed by atoms with Crippen molar-refractivity contribution in [3.05, 3.63) is 35.5 Å². The Morgan fingerprint density at radius 1 is 1.12 bits per heavy atom. The largest absolute Gasteiger partial charge is 0.384 e. The van der Waals surface area contributed by atoms with Crippen LogP contribution in [0.15, 0.2) is 30.5 Å². The van der Waals surface area contributed by atoms with Crippen molar-refractivity contribution in [2.24, 2.45) is 5.92 Å². The lowest BCUT2D eigenvalue weighted by atomic mass is 10.1. The van der Waals surface area contributed by atoms with Crippen LogP contribution in [0.4, 0.5) is 5.69 Å². The third kappa shape index (κ3) is 4.84. The van der Waals surface area contributed by atoms with E-state index in [9.17, 15) is 4.79 Å². The van der Waals surface area contributed by atoms with Gasteiger partial charge in [-0.3, -0.25) is 9.78 Å². The first-order valence-corrected chi connectivity index (χ1v) is 9.18. The third-order valence-electron chi connectivity index (χ3n) is 4.37. The van der Waals surface area contributed by atoms with Gasteiger partial charge in [0, 0.05) is 41.3 Å². The molecular weight excluding hydrogens is 322 g/mol. The van der Waals surface area contributed by atoms with Gasteiger partial charge in [-0.2, -0.15) is 0 Å². The Kier molecular flexibility index (Phi) is 5.91. The van der Waals surface area contributed by atoms with Crippen molar-refractivity contribution in [3.8, 4) is 0 Å². The SMILES string of the molecule is O=C(NCCCCCCNc1ccnc2cc(Cl)ccc12)C1CC1. The van der Waals surface area contributed by atoms with Crippen LogP contribution < -0.4 is 10.6 Å². The first-order valence-electron chi connectivity index (χ1n) is 8.80. The first kappa shape index (κ1) is 17.0. The molecule has 0 aliphatic heterocycles. The van der Waals surface area contributed by atoms with Crippen molar-refractivity contribution in [1.29, 1.82) is 0 Å². The number of nitrogens with zero attached hydrogens (tertiary/aromatic N) is 1. The van der Waals surface area contributed by atoms with Gasteiger partial charge in [-0.15, -0.1) is 0 Å². The summed E-state index contributed by atoms with van der Waals surface area (Å²) in [5, 5.41) is 8.31. The van der Waals surface area contributed by atoms with E-state index < -0.39 is 0 Å². The van der Waals surface area contributed by atoms with Crippen LogP contribution in [0.3, 0.4) is 0 Å². The molecule has 1 aliphatic carbocycles. The molecular formula is C19H24ClN3O. The topological polar surface area (TPSA) is 54.0 Å². The maximum absolute atomic E-state index is 11.5. The fraction of sp³-hybridized carbons (Fsp3) is 0.474. The quantitative estimate of drug-likeness (QED) is 0.663. The molecule has 4 nitrogen and oxygen atoms in total. The van der Waals surface area contributed by atoms with Crippen molar-refractivity contribution in [2.45, 2.75) is 38.5 Å². The molecule has 1 heterocycles. The summed E-state index contributed by atoms with van der Waals surface area (Å²) in [5.74, 6) is 0.570. The zero-order valence-corrected chi connectivity index (χ0v) is 14.6. The zero-order chi connectivity index (χ0) is 16.8. The minimum absolute atomic E-state index is 0.251. The van der Waals surface area contributed by atoms with E-state index in [-0.39, 0.29) is 5.91 Å². The molecule has 1 aromatic heterocycles. The highest BCUT2D eigenvalue weighted by Crippen LogP contribution is 2.28. The summed E-state index contributed by atoms with van der Waals surface area (Å²) in [7, 11) is 0. The maximum Gasteiger partial charge on any atom is 0.223 e. The molecule has 128 valence electrons. The predicted octanol–water partition coefficient (Wildman–Crippen LogP) is 4.39. The van der Waals surface area contributed by atoms with E-state index >= 15 is 0 Å². The number of pyridine rings is 1. The van der Waals surface area contributed by atoms with E-state index in [1.54, 1.807) is 0 Å². The molecule has 1 fully saturated rings. The summed E-state index contributed by atoms with van der Waals surface area (Å²) >= 11 is 6.01. The maximum atomic E-state index is 11.5. The number of hydrogen-bond acceptors (Lipinski definition) is 3. The molecule has 0 spiro atoms. The van der Waals surface area contributed by atoms with Crippen LogP contribution in [-0.2, 0) is 4.79 Å². The van der Waals surface area contributed by atoms with Gasteiger partial charge in [0.15, 0.2) is 0 Å². The Hall–Kier alpha value is -1.81. The molecule has 0 bridgehead atoms. The van der Waals surface area contributed by atoms with E-state index in [1.807, 2.05) is 30.5 Å². The first-order chi connectivity index (χ1) is 11.7. The number of anilines is 1. The summed E-state index contributed by atoms with van der Waals surface area (Å²) in [6.07, 6.45) is 8.47. The van der Waals surface area contributed by atoms with Crippen molar-refractivity contribution in [2.75, 3.05) is 18.4 Å². The fourth-order valence-corrected chi connectivity index (χ4v) is 2.97. The molecule has 0 saturated heterocycles. The second kappa shape index (κ2) is 8.34. The molecule has 0 unspecified atom stereocenters. The Labute approximate surface area is 148 Å². The highest BCUT2D eigenvalue weighted by atomic mass is 35.5. The normalized spacial score (nSPS) is 13.9. The number of rotatable bonds is 9. The number of hydrogen-bond donors (Lipinski definition) is 2. The molecule has 1 aromatic carbocycles. The lowest BCUT2D eigenvalue weighted by Gasteiger charge is -2.09. The van der Waals surface area contributed by atoms with E-state index in [1.165, 1.54) is 6.42 Å². The van der Waals surface area contributed by atoms with Crippen LogP contribution in [0.2, 0.25) is 5.02 Å². The monoisotopic (exact) mass is 345 g/mol. The molecule has 2 aromatic rings. The molecule has 24 heavy (non-hydrogen) atoms. The number of benzene rings is 1. The average Bonchev–Trinajstić information content (AvgIpc) is 3.41. The van der Waals surface area contributed by atoms with Crippen LogP contribution in [0.5, 0.6) is 0 Å². The van der Waals surface area contributed by atoms with Crippen LogP contribution in [0.25, 0.3) is 10.9 Å². The van der Waals surface area contributed by atoms with Gasteiger partial charge < -0.3 is 10.6 Å². The molecule has 2 N–H and O–H groups in total. The lowest BCUT2D eigenvalue weighted by molar-refractivity contribution is -0.122. The van der Waals surface area contributed by atoms with Crippen LogP contribution in [-0.4, -0.2) is 24.0 Å². The minimum atomic E-state index is 0.251. The van der Waals surface area contributed by atoms with E-state index in [0.29, 0.717) is 10.9 Å². The van der Waals surface area contributed by atoms with Crippen LogP contribution >= 0.6 is 11.6 Å². The summed E-state index contributed by atoms with van der Waals surface area (Å²) in [6.45, 7) is 1.76. The molecule has 0 atom stereocenters. The number of carbonyl (C=O) groups excluding carboxylic acids is 1. The van der Waals surface area contributed by atoms with Crippen molar-refractivity contribution < 1.29 is 4.79 Å². The van der Waals surface area contributed by atoms with E-state index in [4.69, 9.17) is 11.6 Å². The number of aromatic nitrogens is 1. The minimum Gasteiger partial charge on any atom is -0.384 e. The van der Waals surface area contributed by atoms with Gasteiger partial charge in [-0.05, 0) is 49.9 Å². The lowest BCUT2D eigenvalue weighted by Crippen LogP contribution is -2.25. The number of halogens is 1. The van der Waals surface area contributed by atoms with E-state index in [0.717, 1.165) is 61.8 Å². The molecule has 5 heteroatoms. The van der Waals surface area contributed by atoms with Crippen LogP contribution in [0.1, 0.15) is 38.5 Å². The number of unbranched alkanes of at least 4 members (excludes halogenated alkanes) is 3. The third-order valence-corrected chi connectivity index (χ3v) is 4.61. The summed E-state index contributed by atoms with van der Waals surface area (Å²) < 4.78 is 0. The Balaban J connectivity index is 1.32. The fourth-order valence-electron chi connectivity index (χ4n) is 2.80.